The molecule has 0 fully saturated rings. The van der Waals surface area contributed by atoms with E-state index in [0.717, 1.165) is 12.4 Å². The largest absolute Gasteiger partial charge is 2.00 e. The Morgan fingerprint density at radius 2 is 1.24 bits per heavy atom. The fourth-order valence-corrected chi connectivity index (χ4v) is 1.36. The summed E-state index contributed by atoms with van der Waals surface area (Å²) in [6.07, 6.45) is 4.77. The number of carbonyl (C=O) groups excluding carboxylic acids is 2. The molecule has 0 saturated heterocycles. The van der Waals surface area contributed by atoms with Crippen LogP contribution < -0.4 is 10.2 Å². The van der Waals surface area contributed by atoms with E-state index in [1.165, 1.54) is 24.5 Å². The molecule has 2 aromatic heterocycles. The van der Waals surface area contributed by atoms with Gasteiger partial charge in [-0.3, -0.25) is 0 Å². The van der Waals surface area contributed by atoms with Crippen molar-refractivity contribution in [2.75, 3.05) is 0 Å². The van der Waals surface area contributed by atoms with Crippen molar-refractivity contribution in [2.24, 2.45) is 0 Å². The Labute approximate surface area is 129 Å². The number of rotatable bonds is 4. The van der Waals surface area contributed by atoms with Crippen molar-refractivity contribution in [3.05, 3.63) is 47.0 Å². The van der Waals surface area contributed by atoms with Gasteiger partial charge in [-0.05, 0) is 12.1 Å². The van der Waals surface area contributed by atoms with Gasteiger partial charge >= 0.3 is 17.1 Å². The number of aromatic amines is 2. The number of aromatic nitrogens is 2. The number of carboxylic acid groups (broad SMARTS) is 2. The van der Waals surface area contributed by atoms with Crippen molar-refractivity contribution >= 4 is 24.4 Å². The molecule has 4 N–H and O–H groups in total. The monoisotopic (exact) mass is 329 g/mol. The molecule has 0 aromatic carbocycles. The number of hydrogen-bond donors (Lipinski definition) is 4. The van der Waals surface area contributed by atoms with E-state index < -0.39 is 11.9 Å². The summed E-state index contributed by atoms with van der Waals surface area (Å²) in [5, 5.41) is 33.9. The zero-order chi connectivity index (χ0) is 15.1. The van der Waals surface area contributed by atoms with Gasteiger partial charge in [-0.2, -0.15) is 0 Å². The van der Waals surface area contributed by atoms with Crippen molar-refractivity contribution < 1.29 is 36.9 Å². The number of aromatic carboxylic acids is 2. The third-order valence-corrected chi connectivity index (χ3v) is 2.29. The summed E-state index contributed by atoms with van der Waals surface area (Å²) < 4.78 is 0. The maximum Gasteiger partial charge on any atom is 2.00 e. The molecule has 0 aliphatic carbocycles. The minimum absolute atomic E-state index is 0. The van der Waals surface area contributed by atoms with Gasteiger partial charge in [-0.25, -0.2) is 0 Å². The average Bonchev–Trinajstić information content (AvgIpc) is 3.07. The summed E-state index contributed by atoms with van der Waals surface area (Å²) in [6.45, 7) is 0. The molecule has 2 aromatic rings. The van der Waals surface area contributed by atoms with E-state index in [1.54, 1.807) is 0 Å². The zero-order valence-corrected chi connectivity index (χ0v) is 11.7. The van der Waals surface area contributed by atoms with E-state index in [2.05, 4.69) is 9.97 Å². The van der Waals surface area contributed by atoms with Crippen LogP contribution in [-0.2, 0) is 17.1 Å². The third kappa shape index (κ3) is 4.75. The van der Waals surface area contributed by atoms with Gasteiger partial charge in [-0.1, -0.05) is 0 Å². The first-order valence-corrected chi connectivity index (χ1v) is 5.29. The summed E-state index contributed by atoms with van der Waals surface area (Å²) in [6, 6.07) is 2.71. The van der Waals surface area contributed by atoms with E-state index in [4.69, 9.17) is 10.8 Å². The first-order valence-electron chi connectivity index (χ1n) is 5.29. The molecule has 1 radical (unpaired) electrons. The smallest absolute Gasteiger partial charge is 0.545 e. The van der Waals surface area contributed by atoms with Gasteiger partial charge in [-0.15, -0.1) is 0 Å². The molecule has 109 valence electrons. The van der Waals surface area contributed by atoms with E-state index in [-0.39, 0.29) is 39.6 Å². The molecule has 0 aliphatic rings. The Morgan fingerprint density at radius 1 is 0.905 bits per heavy atom. The van der Waals surface area contributed by atoms with Gasteiger partial charge in [0.15, 0.2) is 0 Å². The molecule has 0 atom stereocenters. The van der Waals surface area contributed by atoms with Crippen LogP contribution in [0.1, 0.15) is 32.1 Å². The predicted octanol–water partition coefficient (Wildman–Crippen LogP) is -1.25. The Kier molecular flexibility index (Phi) is 7.44. The molecule has 0 spiro atoms. The first-order chi connectivity index (χ1) is 9.51. The van der Waals surface area contributed by atoms with Gasteiger partial charge in [0.25, 0.3) is 0 Å². The van der Waals surface area contributed by atoms with Gasteiger partial charge in [0.1, 0.15) is 0 Å². The Hall–Kier alpha value is -2.64. The molecular weight excluding hydrogens is 319 g/mol. The van der Waals surface area contributed by atoms with Gasteiger partial charge in [0, 0.05) is 35.9 Å². The quantitative estimate of drug-likeness (QED) is 0.408. The van der Waals surface area contributed by atoms with Gasteiger partial charge in [0.2, 0.25) is 0 Å². The molecule has 9 heteroatoms. The zero-order valence-electron chi connectivity index (χ0n) is 10.5. The van der Waals surface area contributed by atoms with Crippen molar-refractivity contribution in [3.63, 3.8) is 0 Å². The molecule has 0 saturated carbocycles. The number of carbonyl (C=O) groups is 2. The number of hydrogen-bond acceptors (Lipinski definition) is 6. The normalized spacial score (nSPS) is 8.76. The van der Waals surface area contributed by atoms with Gasteiger partial charge in [0.05, 0.1) is 23.3 Å². The number of H-pyrrole nitrogens is 2. The molecule has 2 heterocycles. The standard InChI is InChI=1S/2C6H6N2O2.Mn/c2*7-3-5-4(6(9)10)1-2-8-5;/h2*1-3,7-8H,(H,9,10);/q;;+2/p-2. The molecule has 0 amide bonds. The maximum atomic E-state index is 10.2. The Bertz CT molecular complexity index is 591. The summed E-state index contributed by atoms with van der Waals surface area (Å²) >= 11 is 0. The molecule has 0 unspecified atom stereocenters. The molecular formula is C12H10MnN4O4. The third-order valence-electron chi connectivity index (χ3n) is 2.29. The second-order valence-electron chi connectivity index (χ2n) is 3.47. The topological polar surface area (TPSA) is 160 Å². The van der Waals surface area contributed by atoms with Crippen LogP contribution in [-0.4, -0.2) is 34.3 Å². The second kappa shape index (κ2) is 8.51. The summed E-state index contributed by atoms with van der Waals surface area (Å²) in [5.41, 5.74) is 0.574. The van der Waals surface area contributed by atoms with Crippen LogP contribution in [0.15, 0.2) is 24.5 Å². The van der Waals surface area contributed by atoms with Crippen LogP contribution in [0.2, 0.25) is 0 Å². The van der Waals surface area contributed by atoms with Crippen LogP contribution in [0, 0.1) is 10.8 Å². The van der Waals surface area contributed by atoms with Crippen LogP contribution in [0.5, 0.6) is 0 Å². The summed E-state index contributed by atoms with van der Waals surface area (Å²) in [4.78, 5) is 25.6. The molecule has 8 nitrogen and oxygen atoms in total. The van der Waals surface area contributed by atoms with Crippen LogP contribution in [0.25, 0.3) is 0 Å². The van der Waals surface area contributed by atoms with Crippen LogP contribution in [0.3, 0.4) is 0 Å². The Morgan fingerprint density at radius 3 is 1.43 bits per heavy atom. The molecule has 0 aliphatic heterocycles. The second-order valence-corrected chi connectivity index (χ2v) is 3.47. The molecule has 21 heavy (non-hydrogen) atoms. The van der Waals surface area contributed by atoms with Crippen molar-refractivity contribution in [1.82, 2.24) is 9.97 Å². The van der Waals surface area contributed by atoms with Gasteiger partial charge < -0.3 is 40.6 Å². The van der Waals surface area contributed by atoms with E-state index in [1.807, 2.05) is 0 Å². The van der Waals surface area contributed by atoms with Crippen LogP contribution in [0.4, 0.5) is 0 Å². The van der Waals surface area contributed by atoms with Crippen molar-refractivity contribution in [3.8, 4) is 0 Å². The summed E-state index contributed by atoms with van der Waals surface area (Å²) in [7, 11) is 0. The van der Waals surface area contributed by atoms with Crippen molar-refractivity contribution in [2.45, 2.75) is 0 Å². The van der Waals surface area contributed by atoms with E-state index in [9.17, 15) is 19.8 Å². The SMILES string of the molecule is N=Cc1[nH]ccc1C(=O)[O-].N=Cc1[nH]ccc1C(=O)[O-].[Mn+2]. The number of nitrogens with one attached hydrogen (secondary N) is 4. The minimum atomic E-state index is -1.26. The fourth-order valence-electron chi connectivity index (χ4n) is 1.36. The molecule has 0 bridgehead atoms. The van der Waals surface area contributed by atoms with E-state index >= 15 is 0 Å². The summed E-state index contributed by atoms with van der Waals surface area (Å²) in [5.74, 6) is -2.53. The maximum absolute atomic E-state index is 10.2. The fraction of sp³-hybridized carbons (Fsp3) is 0. The predicted molar refractivity (Wildman–Crippen MR) is 66.0 cm³/mol. The number of carboxylic acids is 2. The Balaban J connectivity index is 0.000000364. The average molecular weight is 329 g/mol. The molecule has 2 rings (SSSR count). The van der Waals surface area contributed by atoms with Crippen LogP contribution >= 0.6 is 0 Å². The van der Waals surface area contributed by atoms with E-state index in [0.29, 0.717) is 0 Å². The first kappa shape index (κ1) is 18.4. The minimum Gasteiger partial charge on any atom is -0.545 e. The van der Waals surface area contributed by atoms with Crippen molar-refractivity contribution in [1.29, 1.82) is 10.8 Å².